The third-order valence-electron chi connectivity index (χ3n) is 1.37. The molecule has 0 fully saturated rings. The fourth-order valence-electron chi connectivity index (χ4n) is 0.887. The van der Waals surface area contributed by atoms with Crippen LogP contribution in [0.3, 0.4) is 0 Å². The van der Waals surface area contributed by atoms with Crippen LogP contribution in [0, 0.1) is 0 Å². The van der Waals surface area contributed by atoms with E-state index in [2.05, 4.69) is 0 Å². The number of rotatable bonds is 6. The Balaban J connectivity index is 3.39. The van der Waals surface area contributed by atoms with Crippen LogP contribution in [0.2, 0.25) is 0 Å². The highest BCUT2D eigenvalue weighted by Crippen LogP contribution is 1.97. The van der Waals surface area contributed by atoms with Crippen LogP contribution >= 0.6 is 0 Å². The molecular weight excluding hydrogens is 152 g/mol. The van der Waals surface area contributed by atoms with Crippen molar-refractivity contribution in [1.82, 2.24) is 0 Å². The molecule has 0 aromatic heterocycles. The summed E-state index contributed by atoms with van der Waals surface area (Å²) in [5.41, 5.74) is 1.07. The quantitative estimate of drug-likeness (QED) is 0.452. The van der Waals surface area contributed by atoms with Gasteiger partial charge >= 0.3 is 0 Å². The lowest BCUT2D eigenvalue weighted by Gasteiger charge is -1.98. The standard InChI is InChI=1S/C10H18O2/c1-4-12-7-5-6-10(11)8-9(2)3/h8H,4-7H2,1-3H3. The van der Waals surface area contributed by atoms with Crippen molar-refractivity contribution in [3.63, 3.8) is 0 Å². The van der Waals surface area contributed by atoms with Crippen LogP contribution < -0.4 is 0 Å². The fraction of sp³-hybridized carbons (Fsp3) is 0.700. The van der Waals surface area contributed by atoms with E-state index < -0.39 is 0 Å². The molecule has 0 bridgehead atoms. The molecular formula is C10H18O2. The SMILES string of the molecule is CCOCCCC(=O)C=C(C)C. The van der Waals surface area contributed by atoms with Gasteiger partial charge in [-0.3, -0.25) is 4.79 Å². The van der Waals surface area contributed by atoms with E-state index in [0.29, 0.717) is 13.0 Å². The summed E-state index contributed by atoms with van der Waals surface area (Å²) in [6, 6.07) is 0. The van der Waals surface area contributed by atoms with Gasteiger partial charge in [-0.05, 0) is 33.3 Å². The molecule has 0 aliphatic heterocycles. The molecule has 0 spiro atoms. The molecule has 0 aromatic carbocycles. The molecule has 0 amide bonds. The van der Waals surface area contributed by atoms with Gasteiger partial charge in [0.05, 0.1) is 0 Å². The predicted molar refractivity (Wildman–Crippen MR) is 50.2 cm³/mol. The van der Waals surface area contributed by atoms with Gasteiger partial charge in [0.25, 0.3) is 0 Å². The number of hydrogen-bond acceptors (Lipinski definition) is 2. The number of allylic oxidation sites excluding steroid dienone is 2. The largest absolute Gasteiger partial charge is 0.382 e. The Bertz CT molecular complexity index is 155. The van der Waals surface area contributed by atoms with Crippen molar-refractivity contribution in [2.75, 3.05) is 13.2 Å². The first-order chi connectivity index (χ1) is 5.66. The highest BCUT2D eigenvalue weighted by atomic mass is 16.5. The summed E-state index contributed by atoms with van der Waals surface area (Å²) in [7, 11) is 0. The lowest BCUT2D eigenvalue weighted by atomic mass is 10.2. The summed E-state index contributed by atoms with van der Waals surface area (Å²) in [5, 5.41) is 0. The summed E-state index contributed by atoms with van der Waals surface area (Å²) in [4.78, 5) is 11.1. The summed E-state index contributed by atoms with van der Waals surface area (Å²) in [6.45, 7) is 7.24. The van der Waals surface area contributed by atoms with Crippen LogP contribution in [-0.2, 0) is 9.53 Å². The number of hydrogen-bond donors (Lipinski definition) is 0. The minimum absolute atomic E-state index is 0.203. The third-order valence-corrected chi connectivity index (χ3v) is 1.37. The van der Waals surface area contributed by atoms with Gasteiger partial charge in [-0.25, -0.2) is 0 Å². The molecule has 0 saturated heterocycles. The van der Waals surface area contributed by atoms with E-state index >= 15 is 0 Å². The van der Waals surface area contributed by atoms with E-state index in [1.165, 1.54) is 0 Å². The van der Waals surface area contributed by atoms with E-state index in [1.807, 2.05) is 20.8 Å². The summed E-state index contributed by atoms with van der Waals surface area (Å²) < 4.78 is 5.12. The molecule has 0 unspecified atom stereocenters. The molecule has 12 heavy (non-hydrogen) atoms. The van der Waals surface area contributed by atoms with Crippen molar-refractivity contribution in [3.05, 3.63) is 11.6 Å². The second kappa shape index (κ2) is 7.04. The maximum absolute atomic E-state index is 11.1. The van der Waals surface area contributed by atoms with Gasteiger partial charge in [-0.2, -0.15) is 0 Å². The minimum Gasteiger partial charge on any atom is -0.382 e. The molecule has 0 atom stereocenters. The Morgan fingerprint density at radius 1 is 1.42 bits per heavy atom. The summed E-state index contributed by atoms with van der Waals surface area (Å²) in [5.74, 6) is 0.203. The molecule has 2 nitrogen and oxygen atoms in total. The Morgan fingerprint density at radius 3 is 2.58 bits per heavy atom. The highest BCUT2D eigenvalue weighted by Gasteiger charge is 1.96. The van der Waals surface area contributed by atoms with Crippen molar-refractivity contribution in [2.24, 2.45) is 0 Å². The summed E-state index contributed by atoms with van der Waals surface area (Å²) >= 11 is 0. The first-order valence-corrected chi connectivity index (χ1v) is 4.42. The first-order valence-electron chi connectivity index (χ1n) is 4.42. The molecule has 0 aromatic rings. The van der Waals surface area contributed by atoms with Crippen LogP contribution in [-0.4, -0.2) is 19.0 Å². The maximum Gasteiger partial charge on any atom is 0.155 e. The Hall–Kier alpha value is -0.630. The van der Waals surface area contributed by atoms with Crippen molar-refractivity contribution < 1.29 is 9.53 Å². The molecule has 0 aliphatic carbocycles. The Kier molecular flexibility index (Phi) is 6.67. The van der Waals surface area contributed by atoms with Crippen LogP contribution in [0.15, 0.2) is 11.6 Å². The monoisotopic (exact) mass is 170 g/mol. The highest BCUT2D eigenvalue weighted by molar-refractivity contribution is 5.90. The number of carbonyl (C=O) groups excluding carboxylic acids is 1. The molecule has 0 aliphatic rings. The van der Waals surface area contributed by atoms with Crippen molar-refractivity contribution in [2.45, 2.75) is 33.6 Å². The molecule has 0 rings (SSSR count). The smallest absolute Gasteiger partial charge is 0.155 e. The van der Waals surface area contributed by atoms with Gasteiger partial charge in [0.15, 0.2) is 5.78 Å². The van der Waals surface area contributed by atoms with E-state index in [-0.39, 0.29) is 5.78 Å². The van der Waals surface area contributed by atoms with E-state index in [0.717, 1.165) is 18.6 Å². The molecule has 70 valence electrons. The van der Waals surface area contributed by atoms with Gasteiger partial charge in [-0.1, -0.05) is 5.57 Å². The lowest BCUT2D eigenvalue weighted by molar-refractivity contribution is -0.115. The van der Waals surface area contributed by atoms with Crippen LogP contribution in [0.5, 0.6) is 0 Å². The van der Waals surface area contributed by atoms with Gasteiger partial charge in [0, 0.05) is 19.6 Å². The fourth-order valence-corrected chi connectivity index (χ4v) is 0.887. The predicted octanol–water partition coefficient (Wildman–Crippen LogP) is 2.34. The second-order valence-electron chi connectivity index (χ2n) is 2.99. The Labute approximate surface area is 74.6 Å². The number of ketones is 1. The normalized spacial score (nSPS) is 9.58. The molecule has 2 heteroatoms. The first kappa shape index (κ1) is 11.4. The van der Waals surface area contributed by atoms with Crippen LogP contribution in [0.1, 0.15) is 33.6 Å². The average Bonchev–Trinajstić information content (AvgIpc) is 1.97. The van der Waals surface area contributed by atoms with E-state index in [4.69, 9.17) is 4.74 Å². The molecule has 0 saturated carbocycles. The zero-order valence-corrected chi connectivity index (χ0v) is 8.22. The van der Waals surface area contributed by atoms with Crippen LogP contribution in [0.4, 0.5) is 0 Å². The van der Waals surface area contributed by atoms with Gasteiger partial charge in [0.1, 0.15) is 0 Å². The lowest BCUT2D eigenvalue weighted by Crippen LogP contribution is -1.99. The summed E-state index contributed by atoms with van der Waals surface area (Å²) in [6.07, 6.45) is 3.12. The zero-order chi connectivity index (χ0) is 9.40. The average molecular weight is 170 g/mol. The Morgan fingerprint density at radius 2 is 2.08 bits per heavy atom. The van der Waals surface area contributed by atoms with Gasteiger partial charge in [0.2, 0.25) is 0 Å². The topological polar surface area (TPSA) is 26.3 Å². The van der Waals surface area contributed by atoms with E-state index in [1.54, 1.807) is 6.08 Å². The van der Waals surface area contributed by atoms with Crippen molar-refractivity contribution in [3.8, 4) is 0 Å². The van der Waals surface area contributed by atoms with Gasteiger partial charge < -0.3 is 4.74 Å². The van der Waals surface area contributed by atoms with E-state index in [9.17, 15) is 4.79 Å². The zero-order valence-electron chi connectivity index (χ0n) is 8.22. The minimum atomic E-state index is 0.203. The van der Waals surface area contributed by atoms with Crippen molar-refractivity contribution in [1.29, 1.82) is 0 Å². The molecule has 0 heterocycles. The second-order valence-corrected chi connectivity index (χ2v) is 2.99. The third kappa shape index (κ3) is 7.48. The van der Waals surface area contributed by atoms with Crippen molar-refractivity contribution >= 4 is 5.78 Å². The number of carbonyl (C=O) groups is 1. The maximum atomic E-state index is 11.1. The van der Waals surface area contributed by atoms with Crippen LogP contribution in [0.25, 0.3) is 0 Å². The van der Waals surface area contributed by atoms with Gasteiger partial charge in [-0.15, -0.1) is 0 Å². The number of ether oxygens (including phenoxy) is 1. The molecule has 0 N–H and O–H groups in total. The molecule has 0 radical (unpaired) electrons.